The molecule has 1 fully saturated rings. The second kappa shape index (κ2) is 9.14. The van der Waals surface area contributed by atoms with Gasteiger partial charge in [0.15, 0.2) is 0 Å². The van der Waals surface area contributed by atoms with Crippen LogP contribution in [0, 0.1) is 17.2 Å². The van der Waals surface area contributed by atoms with Gasteiger partial charge in [-0.3, -0.25) is 0 Å². The van der Waals surface area contributed by atoms with Gasteiger partial charge >= 0.3 is 6.09 Å². The molecule has 0 saturated carbocycles. The number of piperidine rings is 1. The van der Waals surface area contributed by atoms with Crippen LogP contribution < -0.4 is 15.0 Å². The van der Waals surface area contributed by atoms with Crippen LogP contribution in [0.3, 0.4) is 0 Å². The van der Waals surface area contributed by atoms with E-state index in [0.717, 1.165) is 35.4 Å². The van der Waals surface area contributed by atoms with Gasteiger partial charge in [0, 0.05) is 30.9 Å². The summed E-state index contributed by atoms with van der Waals surface area (Å²) in [5, 5.41) is 16.3. The smallest absolute Gasteiger partial charge is 0.407 e. The molecule has 166 valence electrons. The number of nitrogens with zero attached hydrogens (tertiary/aromatic N) is 5. The predicted octanol–water partition coefficient (Wildman–Crippen LogP) is 3.24. The number of nitriles is 1. The summed E-state index contributed by atoms with van der Waals surface area (Å²) in [5.41, 5.74) is 2.90. The normalized spacial score (nSPS) is 18.2. The number of ether oxygens (including phenoxy) is 2. The van der Waals surface area contributed by atoms with Gasteiger partial charge in [0.2, 0.25) is 0 Å². The summed E-state index contributed by atoms with van der Waals surface area (Å²) in [4.78, 5) is 18.5. The van der Waals surface area contributed by atoms with Crippen molar-refractivity contribution in [3.05, 3.63) is 42.4 Å². The zero-order chi connectivity index (χ0) is 22.7. The van der Waals surface area contributed by atoms with E-state index in [-0.39, 0.29) is 12.0 Å². The third-order valence-electron chi connectivity index (χ3n) is 5.75. The summed E-state index contributed by atoms with van der Waals surface area (Å²) in [7, 11) is 1.56. The van der Waals surface area contributed by atoms with Crippen molar-refractivity contribution in [3.63, 3.8) is 0 Å². The largest absolute Gasteiger partial charge is 0.492 e. The Bertz CT molecular complexity index is 1150. The number of hydrogen-bond acceptors (Lipinski definition) is 7. The van der Waals surface area contributed by atoms with Crippen LogP contribution in [0.5, 0.6) is 5.75 Å². The van der Waals surface area contributed by atoms with E-state index in [2.05, 4.69) is 33.3 Å². The number of hydrogen-bond donors (Lipinski definition) is 1. The summed E-state index contributed by atoms with van der Waals surface area (Å²) < 4.78 is 12.9. The van der Waals surface area contributed by atoms with Crippen molar-refractivity contribution in [1.29, 1.82) is 5.26 Å². The molecule has 1 aliphatic heterocycles. The number of fused-ring (bicyclic) bond motifs is 1. The quantitative estimate of drug-likeness (QED) is 0.657. The minimum Gasteiger partial charge on any atom is -0.492 e. The SMILES string of the molecule is CCOc1cc(-c2ccc(N3CC[C@H](C)[C@H](OC(=O)NC)C3)nc2)c2c(C#N)cnn2c1. The van der Waals surface area contributed by atoms with E-state index in [4.69, 9.17) is 9.47 Å². The Hall–Kier alpha value is -3.80. The number of carbonyl (C=O) groups is 1. The minimum atomic E-state index is -0.417. The Morgan fingerprint density at radius 1 is 1.38 bits per heavy atom. The molecule has 1 saturated heterocycles. The first-order valence-corrected chi connectivity index (χ1v) is 10.7. The first-order chi connectivity index (χ1) is 15.5. The van der Waals surface area contributed by atoms with Crippen LogP contribution in [-0.4, -0.2) is 53.5 Å². The van der Waals surface area contributed by atoms with E-state index in [9.17, 15) is 10.1 Å². The molecule has 2 atom stereocenters. The topological polar surface area (TPSA) is 105 Å². The number of carbonyl (C=O) groups excluding carboxylic acids is 1. The lowest BCUT2D eigenvalue weighted by molar-refractivity contribution is 0.0602. The molecule has 1 aliphatic rings. The van der Waals surface area contributed by atoms with Crippen LogP contribution in [0.4, 0.5) is 10.6 Å². The molecule has 9 nitrogen and oxygen atoms in total. The molecule has 32 heavy (non-hydrogen) atoms. The summed E-state index contributed by atoms with van der Waals surface area (Å²) in [6.07, 6.45) is 5.41. The van der Waals surface area contributed by atoms with Gasteiger partial charge in [-0.15, -0.1) is 0 Å². The molecule has 3 aromatic heterocycles. The monoisotopic (exact) mass is 434 g/mol. The Morgan fingerprint density at radius 3 is 2.91 bits per heavy atom. The fourth-order valence-electron chi connectivity index (χ4n) is 3.97. The third kappa shape index (κ3) is 4.17. The van der Waals surface area contributed by atoms with Crippen molar-refractivity contribution in [2.45, 2.75) is 26.4 Å². The number of aromatic nitrogens is 3. The Labute approximate surface area is 186 Å². The number of pyridine rings is 2. The van der Waals surface area contributed by atoms with Gasteiger partial charge in [0.05, 0.1) is 36.6 Å². The van der Waals surface area contributed by atoms with Gasteiger partial charge in [-0.1, -0.05) is 6.92 Å². The van der Waals surface area contributed by atoms with E-state index in [0.29, 0.717) is 24.5 Å². The average Bonchev–Trinajstić information content (AvgIpc) is 3.23. The summed E-state index contributed by atoms with van der Waals surface area (Å²) in [6, 6.07) is 8.05. The Morgan fingerprint density at radius 2 is 2.22 bits per heavy atom. The number of amides is 1. The van der Waals surface area contributed by atoms with Gasteiger partial charge in [0.25, 0.3) is 0 Å². The fourth-order valence-corrected chi connectivity index (χ4v) is 3.97. The molecule has 0 bridgehead atoms. The van der Waals surface area contributed by atoms with E-state index in [1.54, 1.807) is 30.2 Å². The van der Waals surface area contributed by atoms with Gasteiger partial charge in [-0.2, -0.15) is 10.4 Å². The molecular weight excluding hydrogens is 408 g/mol. The highest BCUT2D eigenvalue weighted by Gasteiger charge is 2.29. The van der Waals surface area contributed by atoms with E-state index in [1.165, 1.54) is 0 Å². The van der Waals surface area contributed by atoms with Crippen LogP contribution in [-0.2, 0) is 4.74 Å². The Balaban J connectivity index is 1.63. The molecule has 3 aromatic rings. The molecule has 9 heteroatoms. The molecule has 1 N–H and O–H groups in total. The summed E-state index contributed by atoms with van der Waals surface area (Å²) in [5.74, 6) is 1.77. The maximum Gasteiger partial charge on any atom is 0.407 e. The highest BCUT2D eigenvalue weighted by atomic mass is 16.6. The molecule has 0 aliphatic carbocycles. The molecule has 0 radical (unpaired) electrons. The van der Waals surface area contributed by atoms with Crippen molar-refractivity contribution in [1.82, 2.24) is 19.9 Å². The fraction of sp³-hybridized carbons (Fsp3) is 0.391. The van der Waals surface area contributed by atoms with Crippen molar-refractivity contribution >= 4 is 17.4 Å². The number of alkyl carbamates (subject to hydrolysis) is 1. The molecule has 0 aromatic carbocycles. The minimum absolute atomic E-state index is 0.197. The third-order valence-corrected chi connectivity index (χ3v) is 5.75. The molecule has 0 spiro atoms. The van der Waals surface area contributed by atoms with Gasteiger partial charge in [0.1, 0.15) is 23.7 Å². The van der Waals surface area contributed by atoms with Crippen molar-refractivity contribution in [2.75, 3.05) is 31.6 Å². The first-order valence-electron chi connectivity index (χ1n) is 10.7. The van der Waals surface area contributed by atoms with Crippen LogP contribution in [0.2, 0.25) is 0 Å². The highest BCUT2D eigenvalue weighted by Crippen LogP contribution is 2.32. The average molecular weight is 435 g/mol. The van der Waals surface area contributed by atoms with Crippen LogP contribution in [0.15, 0.2) is 36.8 Å². The molecule has 4 rings (SSSR count). The van der Waals surface area contributed by atoms with Gasteiger partial charge < -0.3 is 19.7 Å². The molecule has 4 heterocycles. The maximum atomic E-state index is 11.7. The zero-order valence-electron chi connectivity index (χ0n) is 18.4. The first kappa shape index (κ1) is 21.4. The number of nitrogens with one attached hydrogen (secondary N) is 1. The second-order valence-electron chi connectivity index (χ2n) is 7.80. The van der Waals surface area contributed by atoms with E-state index >= 15 is 0 Å². The van der Waals surface area contributed by atoms with Crippen molar-refractivity contribution < 1.29 is 14.3 Å². The predicted molar refractivity (Wildman–Crippen MR) is 120 cm³/mol. The van der Waals surface area contributed by atoms with Crippen molar-refractivity contribution in [2.24, 2.45) is 5.92 Å². The summed E-state index contributed by atoms with van der Waals surface area (Å²) in [6.45, 7) is 5.97. The van der Waals surface area contributed by atoms with Crippen LogP contribution in [0.25, 0.3) is 16.6 Å². The van der Waals surface area contributed by atoms with Crippen LogP contribution >= 0.6 is 0 Å². The van der Waals surface area contributed by atoms with Crippen molar-refractivity contribution in [3.8, 4) is 22.9 Å². The second-order valence-corrected chi connectivity index (χ2v) is 7.80. The van der Waals surface area contributed by atoms with E-state index < -0.39 is 6.09 Å². The lowest BCUT2D eigenvalue weighted by Crippen LogP contribution is -2.46. The van der Waals surface area contributed by atoms with Gasteiger partial charge in [-0.25, -0.2) is 14.3 Å². The molecule has 1 amide bonds. The standard InChI is InChI=1S/C23H26N6O3/c1-4-31-18-9-19(22-17(10-24)12-27-29(22)13-18)16-5-6-21(26-11-16)28-8-7-15(2)20(14-28)32-23(30)25-3/h5-6,9,11-13,15,20H,4,7-8,14H2,1-3H3,(H,25,30)/t15-,20+/m0/s1. The summed E-state index contributed by atoms with van der Waals surface area (Å²) >= 11 is 0. The highest BCUT2D eigenvalue weighted by molar-refractivity contribution is 5.85. The van der Waals surface area contributed by atoms with E-state index in [1.807, 2.05) is 25.1 Å². The van der Waals surface area contributed by atoms with Crippen LogP contribution in [0.1, 0.15) is 25.8 Å². The lowest BCUT2D eigenvalue weighted by atomic mass is 9.95. The maximum absolute atomic E-state index is 11.7. The van der Waals surface area contributed by atoms with Gasteiger partial charge in [-0.05, 0) is 37.5 Å². The zero-order valence-corrected chi connectivity index (χ0v) is 18.4. The molecular formula is C23H26N6O3. The molecule has 0 unspecified atom stereocenters. The number of rotatable bonds is 5. The Kier molecular flexibility index (Phi) is 6.12. The lowest BCUT2D eigenvalue weighted by Gasteiger charge is -2.37. The number of anilines is 1.